The van der Waals surface area contributed by atoms with E-state index in [1.165, 1.54) is 0 Å². The Kier molecular flexibility index (Phi) is 2.62. The summed E-state index contributed by atoms with van der Waals surface area (Å²) in [5.74, 6) is -0.925. The Morgan fingerprint density at radius 1 is 1.64 bits per heavy atom. The van der Waals surface area contributed by atoms with Crippen molar-refractivity contribution < 1.29 is 15.0 Å². The van der Waals surface area contributed by atoms with E-state index in [1.54, 1.807) is 6.08 Å². The van der Waals surface area contributed by atoms with Gasteiger partial charge in [-0.15, -0.1) is 0 Å². The Labute approximate surface area is 64.7 Å². The van der Waals surface area contributed by atoms with Gasteiger partial charge in [0, 0.05) is 25.7 Å². The highest BCUT2D eigenvalue weighted by atomic mass is 16.4. The Morgan fingerprint density at radius 2 is 2.27 bits per heavy atom. The van der Waals surface area contributed by atoms with Gasteiger partial charge in [-0.1, -0.05) is 6.08 Å². The second-order valence-corrected chi connectivity index (χ2v) is 2.61. The van der Waals surface area contributed by atoms with E-state index >= 15 is 0 Å². The van der Waals surface area contributed by atoms with E-state index in [4.69, 9.17) is 10.2 Å². The Bertz CT molecular complexity index is 173. The fourth-order valence-electron chi connectivity index (χ4n) is 0.994. The molecule has 0 aliphatic carbocycles. The van der Waals surface area contributed by atoms with Gasteiger partial charge in [-0.05, 0) is 0 Å². The van der Waals surface area contributed by atoms with E-state index in [0.29, 0.717) is 19.6 Å². The lowest BCUT2D eigenvalue weighted by molar-refractivity contribution is -0.131. The minimum atomic E-state index is -0.925. The molecule has 0 amide bonds. The Balaban J connectivity index is 2.09. The van der Waals surface area contributed by atoms with E-state index in [-0.39, 0.29) is 6.10 Å². The predicted molar refractivity (Wildman–Crippen MR) is 39.2 cm³/mol. The molecule has 0 aromatic carbocycles. The first-order chi connectivity index (χ1) is 5.18. The van der Waals surface area contributed by atoms with Crippen LogP contribution in [-0.2, 0) is 4.79 Å². The van der Waals surface area contributed by atoms with E-state index < -0.39 is 5.97 Å². The number of β-amino-alcohol motifs (C(OH)–C–C–N with tert-alkyl or cyclic N) is 1. The summed E-state index contributed by atoms with van der Waals surface area (Å²) in [5.41, 5.74) is 0. The summed E-state index contributed by atoms with van der Waals surface area (Å²) in [7, 11) is 0. The summed E-state index contributed by atoms with van der Waals surface area (Å²) in [4.78, 5) is 12.0. The molecule has 0 bridgehead atoms. The number of rotatable bonds is 3. The second kappa shape index (κ2) is 3.50. The summed E-state index contributed by atoms with van der Waals surface area (Å²) in [6.07, 6.45) is 2.48. The van der Waals surface area contributed by atoms with Gasteiger partial charge < -0.3 is 10.2 Å². The molecule has 4 heteroatoms. The largest absolute Gasteiger partial charge is 0.478 e. The van der Waals surface area contributed by atoms with Crippen molar-refractivity contribution >= 4 is 5.97 Å². The molecule has 1 heterocycles. The molecule has 62 valence electrons. The van der Waals surface area contributed by atoms with Gasteiger partial charge in [-0.25, -0.2) is 4.79 Å². The van der Waals surface area contributed by atoms with Crippen LogP contribution in [-0.4, -0.2) is 46.8 Å². The second-order valence-electron chi connectivity index (χ2n) is 2.61. The number of hydrogen-bond acceptors (Lipinski definition) is 3. The molecular formula is C7H11NO3. The number of aliphatic carboxylic acids is 1. The molecule has 11 heavy (non-hydrogen) atoms. The van der Waals surface area contributed by atoms with Crippen LogP contribution in [0.25, 0.3) is 0 Å². The first-order valence-electron chi connectivity index (χ1n) is 3.48. The fraction of sp³-hybridized carbons (Fsp3) is 0.571. The van der Waals surface area contributed by atoms with Crippen LogP contribution in [0.5, 0.6) is 0 Å². The summed E-state index contributed by atoms with van der Waals surface area (Å²) >= 11 is 0. The maximum absolute atomic E-state index is 10.00. The third-order valence-electron chi connectivity index (χ3n) is 1.56. The van der Waals surface area contributed by atoms with Crippen molar-refractivity contribution in [2.45, 2.75) is 6.10 Å². The number of nitrogens with zero attached hydrogens (tertiary/aromatic N) is 1. The molecule has 0 atom stereocenters. The van der Waals surface area contributed by atoms with Crippen LogP contribution in [0.15, 0.2) is 12.2 Å². The Hall–Kier alpha value is -0.870. The number of hydrogen-bond donors (Lipinski definition) is 2. The third-order valence-corrected chi connectivity index (χ3v) is 1.56. The highest BCUT2D eigenvalue weighted by Gasteiger charge is 2.22. The summed E-state index contributed by atoms with van der Waals surface area (Å²) < 4.78 is 0. The maximum Gasteiger partial charge on any atom is 0.328 e. The molecule has 1 aliphatic heterocycles. The molecule has 4 nitrogen and oxygen atoms in total. The molecule has 2 N–H and O–H groups in total. The fourth-order valence-corrected chi connectivity index (χ4v) is 0.994. The number of likely N-dealkylation sites (tertiary alicyclic amines) is 1. The normalized spacial score (nSPS) is 20.5. The van der Waals surface area contributed by atoms with Crippen molar-refractivity contribution in [3.05, 3.63) is 12.2 Å². The van der Waals surface area contributed by atoms with Crippen molar-refractivity contribution in [3.8, 4) is 0 Å². The first kappa shape index (κ1) is 8.23. The van der Waals surface area contributed by atoms with E-state index in [1.807, 2.05) is 4.90 Å². The zero-order valence-corrected chi connectivity index (χ0v) is 6.10. The lowest BCUT2D eigenvalue weighted by Crippen LogP contribution is -2.50. The van der Waals surface area contributed by atoms with E-state index in [2.05, 4.69) is 0 Å². The van der Waals surface area contributed by atoms with Crippen molar-refractivity contribution in [2.24, 2.45) is 0 Å². The lowest BCUT2D eigenvalue weighted by atomic mass is 10.2. The number of carbonyl (C=O) groups is 1. The third kappa shape index (κ3) is 2.69. The van der Waals surface area contributed by atoms with Crippen LogP contribution in [0.1, 0.15) is 0 Å². The molecule has 0 aromatic rings. The van der Waals surface area contributed by atoms with Crippen molar-refractivity contribution in [3.63, 3.8) is 0 Å². The van der Waals surface area contributed by atoms with Crippen molar-refractivity contribution in [1.82, 2.24) is 4.90 Å². The maximum atomic E-state index is 10.00. The molecule has 0 aromatic heterocycles. The van der Waals surface area contributed by atoms with Gasteiger partial charge in [0.15, 0.2) is 0 Å². The highest BCUT2D eigenvalue weighted by Crippen LogP contribution is 2.05. The average molecular weight is 157 g/mol. The van der Waals surface area contributed by atoms with Crippen LogP contribution >= 0.6 is 0 Å². The number of carboxylic acid groups (broad SMARTS) is 1. The van der Waals surface area contributed by atoms with Crippen LogP contribution < -0.4 is 0 Å². The monoisotopic (exact) mass is 157 g/mol. The van der Waals surface area contributed by atoms with Gasteiger partial charge in [-0.2, -0.15) is 0 Å². The minimum Gasteiger partial charge on any atom is -0.478 e. The van der Waals surface area contributed by atoms with E-state index in [9.17, 15) is 4.79 Å². The molecular weight excluding hydrogens is 146 g/mol. The summed E-state index contributed by atoms with van der Waals surface area (Å²) in [6.45, 7) is 1.93. The van der Waals surface area contributed by atoms with Crippen LogP contribution in [0.3, 0.4) is 0 Å². The molecule has 1 aliphatic rings. The van der Waals surface area contributed by atoms with Crippen LogP contribution in [0.4, 0.5) is 0 Å². The van der Waals surface area contributed by atoms with Crippen LogP contribution in [0, 0.1) is 0 Å². The summed E-state index contributed by atoms with van der Waals surface area (Å²) in [6, 6.07) is 0. The number of aliphatic hydroxyl groups excluding tert-OH is 1. The summed E-state index contributed by atoms with van der Waals surface area (Å²) in [5, 5.41) is 17.1. The van der Waals surface area contributed by atoms with Gasteiger partial charge in [-0.3, -0.25) is 4.90 Å². The standard InChI is InChI=1S/C7H11NO3/c9-6-4-8(5-6)3-1-2-7(10)11/h1-2,6,9H,3-5H2,(H,10,11). The highest BCUT2D eigenvalue weighted by molar-refractivity contribution is 5.79. The minimum absolute atomic E-state index is 0.215. The predicted octanol–water partition coefficient (Wildman–Crippen LogP) is -0.696. The smallest absolute Gasteiger partial charge is 0.328 e. The molecule has 0 saturated carbocycles. The molecule has 0 radical (unpaired) electrons. The molecule has 1 fully saturated rings. The molecule has 0 unspecified atom stereocenters. The van der Waals surface area contributed by atoms with Crippen molar-refractivity contribution in [1.29, 1.82) is 0 Å². The van der Waals surface area contributed by atoms with E-state index in [0.717, 1.165) is 6.08 Å². The van der Waals surface area contributed by atoms with Crippen molar-refractivity contribution in [2.75, 3.05) is 19.6 Å². The van der Waals surface area contributed by atoms with Gasteiger partial charge in [0.2, 0.25) is 0 Å². The van der Waals surface area contributed by atoms with Gasteiger partial charge in [0.25, 0.3) is 0 Å². The van der Waals surface area contributed by atoms with Crippen LogP contribution in [0.2, 0.25) is 0 Å². The quantitative estimate of drug-likeness (QED) is 0.532. The number of carboxylic acids is 1. The lowest BCUT2D eigenvalue weighted by Gasteiger charge is -2.34. The zero-order chi connectivity index (χ0) is 8.27. The number of aliphatic hydroxyl groups is 1. The molecule has 1 rings (SSSR count). The van der Waals surface area contributed by atoms with Gasteiger partial charge in [0.1, 0.15) is 0 Å². The molecule has 1 saturated heterocycles. The zero-order valence-electron chi connectivity index (χ0n) is 6.10. The average Bonchev–Trinajstić information content (AvgIpc) is 1.83. The first-order valence-corrected chi connectivity index (χ1v) is 3.48. The van der Waals surface area contributed by atoms with Gasteiger partial charge in [0.05, 0.1) is 6.10 Å². The Morgan fingerprint density at radius 3 is 2.73 bits per heavy atom. The van der Waals surface area contributed by atoms with Gasteiger partial charge >= 0.3 is 5.97 Å². The SMILES string of the molecule is O=C(O)C=CCN1CC(O)C1. The molecule has 0 spiro atoms. The topological polar surface area (TPSA) is 60.8 Å².